The van der Waals surface area contributed by atoms with E-state index in [4.69, 9.17) is 4.74 Å². The van der Waals surface area contributed by atoms with Gasteiger partial charge in [0.1, 0.15) is 11.5 Å². The molecule has 1 fully saturated rings. The number of amides is 1. The molecule has 4 nitrogen and oxygen atoms in total. The van der Waals surface area contributed by atoms with Gasteiger partial charge in [-0.1, -0.05) is 60.7 Å². The minimum atomic E-state index is 0.0373. The lowest BCUT2D eigenvalue weighted by Crippen LogP contribution is -2.29. The van der Waals surface area contributed by atoms with Crippen molar-refractivity contribution in [3.05, 3.63) is 103 Å². The number of ether oxygens (including phenoxy) is 1. The van der Waals surface area contributed by atoms with Gasteiger partial charge < -0.3 is 10.1 Å². The Morgan fingerprint density at radius 1 is 0.818 bits per heavy atom. The SMILES string of the molecule is O=C(CCN(Cc1cccc2ccccc12)C1CC1)Nc1ccc(Oc2ccccc2)cc1. The molecule has 1 N–H and O–H groups in total. The van der Waals surface area contributed by atoms with Crippen LogP contribution in [-0.2, 0) is 11.3 Å². The molecule has 0 unspecified atom stereocenters. The Kier molecular flexibility index (Phi) is 6.36. The summed E-state index contributed by atoms with van der Waals surface area (Å²) in [5.41, 5.74) is 2.11. The van der Waals surface area contributed by atoms with E-state index in [1.54, 1.807) is 0 Å². The van der Waals surface area contributed by atoms with Crippen molar-refractivity contribution in [2.75, 3.05) is 11.9 Å². The minimum Gasteiger partial charge on any atom is -0.457 e. The summed E-state index contributed by atoms with van der Waals surface area (Å²) >= 11 is 0. The van der Waals surface area contributed by atoms with Gasteiger partial charge in [-0.15, -0.1) is 0 Å². The van der Waals surface area contributed by atoms with E-state index in [-0.39, 0.29) is 5.91 Å². The second-order valence-corrected chi connectivity index (χ2v) is 8.58. The Bertz CT molecular complexity index is 1210. The molecule has 1 saturated carbocycles. The number of fused-ring (bicyclic) bond motifs is 1. The van der Waals surface area contributed by atoms with Gasteiger partial charge in [-0.3, -0.25) is 9.69 Å². The molecule has 33 heavy (non-hydrogen) atoms. The van der Waals surface area contributed by atoms with Crippen LogP contribution in [0.2, 0.25) is 0 Å². The Labute approximate surface area is 194 Å². The molecule has 1 amide bonds. The van der Waals surface area contributed by atoms with E-state index >= 15 is 0 Å². The lowest BCUT2D eigenvalue weighted by atomic mass is 10.0. The van der Waals surface area contributed by atoms with Gasteiger partial charge in [-0.2, -0.15) is 0 Å². The fourth-order valence-corrected chi connectivity index (χ4v) is 4.18. The second-order valence-electron chi connectivity index (χ2n) is 8.58. The molecule has 1 aliphatic carbocycles. The molecule has 0 heterocycles. The zero-order valence-electron chi connectivity index (χ0n) is 18.6. The molecule has 0 aliphatic heterocycles. The number of nitrogens with one attached hydrogen (secondary N) is 1. The first-order chi connectivity index (χ1) is 16.2. The highest BCUT2D eigenvalue weighted by Gasteiger charge is 2.29. The number of carbonyl (C=O) groups excluding carboxylic acids is 1. The lowest BCUT2D eigenvalue weighted by molar-refractivity contribution is -0.116. The molecular weight excluding hydrogens is 408 g/mol. The number of anilines is 1. The normalized spacial score (nSPS) is 13.2. The minimum absolute atomic E-state index is 0.0373. The van der Waals surface area contributed by atoms with Gasteiger partial charge in [-0.25, -0.2) is 0 Å². The molecule has 4 heteroatoms. The number of benzene rings is 4. The van der Waals surface area contributed by atoms with E-state index in [0.717, 1.165) is 30.3 Å². The summed E-state index contributed by atoms with van der Waals surface area (Å²) in [6.45, 7) is 1.64. The van der Waals surface area contributed by atoms with Crippen molar-refractivity contribution in [2.45, 2.75) is 31.8 Å². The average molecular weight is 437 g/mol. The van der Waals surface area contributed by atoms with Crippen LogP contribution in [-0.4, -0.2) is 23.4 Å². The zero-order chi connectivity index (χ0) is 22.5. The molecule has 166 valence electrons. The molecule has 0 atom stereocenters. The van der Waals surface area contributed by atoms with Crippen LogP contribution in [0.5, 0.6) is 11.5 Å². The van der Waals surface area contributed by atoms with Gasteiger partial charge in [0.2, 0.25) is 5.91 Å². The summed E-state index contributed by atoms with van der Waals surface area (Å²) in [6.07, 6.45) is 2.91. The van der Waals surface area contributed by atoms with Crippen LogP contribution in [0.3, 0.4) is 0 Å². The third-order valence-electron chi connectivity index (χ3n) is 6.06. The van der Waals surface area contributed by atoms with E-state index in [2.05, 4.69) is 52.7 Å². The standard InChI is InChI=1S/C29H28N2O2/c32-29(30-24-13-17-27(18-14-24)33-26-10-2-1-3-11-26)19-20-31(25-15-16-25)21-23-9-6-8-22-7-4-5-12-28(22)23/h1-14,17-18,25H,15-16,19-21H2,(H,30,32). The fourth-order valence-electron chi connectivity index (χ4n) is 4.18. The molecule has 4 aromatic rings. The van der Waals surface area contributed by atoms with Gasteiger partial charge >= 0.3 is 0 Å². The van der Waals surface area contributed by atoms with E-state index in [9.17, 15) is 4.79 Å². The topological polar surface area (TPSA) is 41.6 Å². The summed E-state index contributed by atoms with van der Waals surface area (Å²) in [5, 5.41) is 5.59. The van der Waals surface area contributed by atoms with E-state index < -0.39 is 0 Å². The Morgan fingerprint density at radius 3 is 2.30 bits per heavy atom. The second kappa shape index (κ2) is 9.88. The summed E-state index contributed by atoms with van der Waals surface area (Å²) in [4.78, 5) is 15.1. The van der Waals surface area contributed by atoms with Crippen LogP contribution >= 0.6 is 0 Å². The highest BCUT2D eigenvalue weighted by Crippen LogP contribution is 2.30. The summed E-state index contributed by atoms with van der Waals surface area (Å²) in [7, 11) is 0. The Balaban J connectivity index is 1.16. The van der Waals surface area contributed by atoms with Gasteiger partial charge in [-0.05, 0) is 65.6 Å². The smallest absolute Gasteiger partial charge is 0.225 e. The van der Waals surface area contributed by atoms with E-state index in [1.165, 1.54) is 29.2 Å². The monoisotopic (exact) mass is 436 g/mol. The van der Waals surface area contributed by atoms with Crippen LogP contribution in [0, 0.1) is 0 Å². The molecule has 5 rings (SSSR count). The Hall–Kier alpha value is -3.63. The Morgan fingerprint density at radius 2 is 1.52 bits per heavy atom. The zero-order valence-corrected chi connectivity index (χ0v) is 18.6. The predicted molar refractivity (Wildman–Crippen MR) is 134 cm³/mol. The van der Waals surface area contributed by atoms with Crippen molar-refractivity contribution >= 4 is 22.4 Å². The molecule has 0 bridgehead atoms. The largest absolute Gasteiger partial charge is 0.457 e. The van der Waals surface area contributed by atoms with Crippen LogP contribution in [0.4, 0.5) is 5.69 Å². The molecule has 1 aliphatic rings. The number of hydrogen-bond donors (Lipinski definition) is 1. The molecule has 0 aromatic heterocycles. The van der Waals surface area contributed by atoms with Crippen molar-refractivity contribution in [1.82, 2.24) is 4.90 Å². The van der Waals surface area contributed by atoms with E-state index in [1.807, 2.05) is 54.6 Å². The van der Waals surface area contributed by atoms with Gasteiger partial charge in [0.05, 0.1) is 0 Å². The predicted octanol–water partition coefficient (Wildman–Crippen LogP) is 6.63. The summed E-state index contributed by atoms with van der Waals surface area (Å²) in [6, 6.07) is 32.8. The summed E-state index contributed by atoms with van der Waals surface area (Å²) in [5.74, 6) is 1.57. The van der Waals surface area contributed by atoms with Crippen molar-refractivity contribution < 1.29 is 9.53 Å². The molecule has 0 radical (unpaired) electrons. The average Bonchev–Trinajstić information content (AvgIpc) is 3.69. The third kappa shape index (κ3) is 5.60. The number of carbonyl (C=O) groups is 1. The van der Waals surface area contributed by atoms with Gasteiger partial charge in [0.15, 0.2) is 0 Å². The maximum absolute atomic E-state index is 12.6. The van der Waals surface area contributed by atoms with Crippen molar-refractivity contribution in [1.29, 1.82) is 0 Å². The first kappa shape index (κ1) is 21.2. The number of hydrogen-bond acceptors (Lipinski definition) is 3. The van der Waals surface area contributed by atoms with Crippen LogP contribution in [0.15, 0.2) is 97.1 Å². The van der Waals surface area contributed by atoms with Crippen LogP contribution in [0.1, 0.15) is 24.8 Å². The van der Waals surface area contributed by atoms with Crippen molar-refractivity contribution in [3.63, 3.8) is 0 Å². The number of rotatable bonds is 9. The first-order valence-electron chi connectivity index (χ1n) is 11.6. The number of nitrogens with zero attached hydrogens (tertiary/aromatic N) is 1. The molecule has 0 saturated heterocycles. The third-order valence-corrected chi connectivity index (χ3v) is 6.06. The highest BCUT2D eigenvalue weighted by molar-refractivity contribution is 5.91. The molecule has 4 aromatic carbocycles. The lowest BCUT2D eigenvalue weighted by Gasteiger charge is -2.22. The van der Waals surface area contributed by atoms with Crippen LogP contribution < -0.4 is 10.1 Å². The molecular formula is C29H28N2O2. The highest BCUT2D eigenvalue weighted by atomic mass is 16.5. The van der Waals surface area contributed by atoms with E-state index in [0.29, 0.717) is 12.5 Å². The first-order valence-corrected chi connectivity index (χ1v) is 11.6. The van der Waals surface area contributed by atoms with Crippen LogP contribution in [0.25, 0.3) is 10.8 Å². The number of para-hydroxylation sites is 1. The quantitative estimate of drug-likeness (QED) is 0.320. The van der Waals surface area contributed by atoms with Gasteiger partial charge in [0, 0.05) is 31.2 Å². The maximum Gasteiger partial charge on any atom is 0.225 e. The molecule has 0 spiro atoms. The van der Waals surface area contributed by atoms with Gasteiger partial charge in [0.25, 0.3) is 0 Å². The fraction of sp³-hybridized carbons (Fsp3) is 0.207. The summed E-state index contributed by atoms with van der Waals surface area (Å²) < 4.78 is 5.82. The van der Waals surface area contributed by atoms with Crippen molar-refractivity contribution in [2.24, 2.45) is 0 Å². The van der Waals surface area contributed by atoms with Crippen molar-refractivity contribution in [3.8, 4) is 11.5 Å². The maximum atomic E-state index is 12.6.